The number of thiazole rings is 1. The molecule has 2 aromatic rings. The van der Waals surface area contributed by atoms with Crippen LogP contribution in [-0.4, -0.2) is 37.3 Å². The maximum Gasteiger partial charge on any atom is 0.185 e. The summed E-state index contributed by atoms with van der Waals surface area (Å²) in [5, 5.41) is 6.86. The summed E-state index contributed by atoms with van der Waals surface area (Å²) in [6, 6.07) is 6.79. The third-order valence-corrected chi connectivity index (χ3v) is 5.22. The summed E-state index contributed by atoms with van der Waals surface area (Å²) < 4.78 is 11.2. The highest BCUT2D eigenvalue weighted by Crippen LogP contribution is 2.30. The van der Waals surface area contributed by atoms with Crippen molar-refractivity contribution < 1.29 is 9.47 Å². The molecule has 0 saturated carbocycles. The Kier molecular flexibility index (Phi) is 4.35. The van der Waals surface area contributed by atoms with E-state index in [1.165, 1.54) is 5.56 Å². The van der Waals surface area contributed by atoms with Gasteiger partial charge in [-0.05, 0) is 30.5 Å². The largest absolute Gasteiger partial charge is 0.486 e. The Morgan fingerprint density at radius 2 is 2.00 bits per heavy atom. The fourth-order valence-electron chi connectivity index (χ4n) is 3.11. The van der Waals surface area contributed by atoms with Crippen LogP contribution in [0.4, 0.5) is 5.13 Å². The summed E-state index contributed by atoms with van der Waals surface area (Å²) in [6.07, 6.45) is 4.19. The Morgan fingerprint density at radius 3 is 2.78 bits per heavy atom. The van der Waals surface area contributed by atoms with E-state index in [9.17, 15) is 0 Å². The molecule has 6 heteroatoms. The minimum atomic E-state index is 0.569. The molecule has 0 atom stereocenters. The molecule has 0 unspecified atom stereocenters. The predicted octanol–water partition coefficient (Wildman–Crippen LogP) is 2.67. The highest BCUT2D eigenvalue weighted by Gasteiger charge is 2.20. The van der Waals surface area contributed by atoms with Crippen LogP contribution in [0.25, 0.3) is 0 Å². The van der Waals surface area contributed by atoms with Crippen LogP contribution < -0.4 is 19.7 Å². The third-order valence-electron chi connectivity index (χ3n) is 4.39. The summed E-state index contributed by atoms with van der Waals surface area (Å²) >= 11 is 1.72. The summed E-state index contributed by atoms with van der Waals surface area (Å²) in [7, 11) is 0. The standard InChI is InChI=1S/C17H21N3O2S/c1-2-15-16(22-9-8-21-15)11-13(1)12-19-14-3-6-20(7-4-14)17-18-5-10-23-17/h1-2,5,10-11,14,19H,3-4,6-9,12H2. The fourth-order valence-corrected chi connectivity index (χ4v) is 3.80. The average molecular weight is 331 g/mol. The Hall–Kier alpha value is -1.79. The number of hydrogen-bond acceptors (Lipinski definition) is 6. The van der Waals surface area contributed by atoms with Crippen molar-refractivity contribution in [2.75, 3.05) is 31.2 Å². The molecule has 122 valence electrons. The molecule has 5 nitrogen and oxygen atoms in total. The number of rotatable bonds is 4. The van der Waals surface area contributed by atoms with Crippen LogP contribution in [0.2, 0.25) is 0 Å². The first-order valence-electron chi connectivity index (χ1n) is 8.15. The molecule has 3 heterocycles. The molecular formula is C17H21N3O2S. The molecule has 0 aliphatic carbocycles. The number of anilines is 1. The highest BCUT2D eigenvalue weighted by molar-refractivity contribution is 7.13. The van der Waals surface area contributed by atoms with Crippen LogP contribution in [0.15, 0.2) is 29.8 Å². The summed E-state index contributed by atoms with van der Waals surface area (Å²) in [4.78, 5) is 6.78. The van der Waals surface area contributed by atoms with Crippen LogP contribution >= 0.6 is 11.3 Å². The van der Waals surface area contributed by atoms with Crippen molar-refractivity contribution in [1.82, 2.24) is 10.3 Å². The molecule has 0 bridgehead atoms. The Bertz CT molecular complexity index is 639. The van der Waals surface area contributed by atoms with Crippen molar-refractivity contribution in [3.05, 3.63) is 35.3 Å². The first-order chi connectivity index (χ1) is 11.4. The fraction of sp³-hybridized carbons (Fsp3) is 0.471. The van der Waals surface area contributed by atoms with E-state index < -0.39 is 0 Å². The molecule has 0 amide bonds. The van der Waals surface area contributed by atoms with Gasteiger partial charge in [0.1, 0.15) is 13.2 Å². The van der Waals surface area contributed by atoms with Gasteiger partial charge in [0.2, 0.25) is 0 Å². The quantitative estimate of drug-likeness (QED) is 0.933. The van der Waals surface area contributed by atoms with Gasteiger partial charge >= 0.3 is 0 Å². The van der Waals surface area contributed by atoms with Gasteiger partial charge in [-0.1, -0.05) is 6.07 Å². The van der Waals surface area contributed by atoms with Crippen molar-refractivity contribution in [2.45, 2.75) is 25.4 Å². The summed E-state index contributed by atoms with van der Waals surface area (Å²) in [5.74, 6) is 1.73. The predicted molar refractivity (Wildman–Crippen MR) is 91.6 cm³/mol. The average Bonchev–Trinajstić information content (AvgIpc) is 3.15. The molecule has 1 aromatic carbocycles. The van der Waals surface area contributed by atoms with Gasteiger partial charge in [0, 0.05) is 37.3 Å². The zero-order valence-corrected chi connectivity index (χ0v) is 13.8. The molecule has 2 aliphatic heterocycles. The van der Waals surface area contributed by atoms with Crippen molar-refractivity contribution >= 4 is 16.5 Å². The summed E-state index contributed by atoms with van der Waals surface area (Å²) in [5.41, 5.74) is 1.25. The van der Waals surface area contributed by atoms with Gasteiger partial charge in [0.15, 0.2) is 16.6 Å². The van der Waals surface area contributed by atoms with Crippen molar-refractivity contribution in [3.8, 4) is 11.5 Å². The number of piperidine rings is 1. The molecular weight excluding hydrogens is 310 g/mol. The molecule has 1 saturated heterocycles. The Labute approximate surface area is 140 Å². The van der Waals surface area contributed by atoms with Gasteiger partial charge < -0.3 is 19.7 Å². The smallest absolute Gasteiger partial charge is 0.185 e. The second kappa shape index (κ2) is 6.76. The van der Waals surface area contributed by atoms with E-state index in [1.54, 1.807) is 11.3 Å². The normalized spacial score (nSPS) is 18.2. The number of hydrogen-bond donors (Lipinski definition) is 1. The number of aromatic nitrogens is 1. The van der Waals surface area contributed by atoms with Gasteiger partial charge in [0.05, 0.1) is 0 Å². The van der Waals surface area contributed by atoms with Crippen LogP contribution in [0.3, 0.4) is 0 Å². The van der Waals surface area contributed by atoms with E-state index >= 15 is 0 Å². The molecule has 4 rings (SSSR count). The van der Waals surface area contributed by atoms with Gasteiger partial charge in [-0.15, -0.1) is 11.3 Å². The van der Waals surface area contributed by atoms with E-state index in [1.807, 2.05) is 17.6 Å². The topological polar surface area (TPSA) is 46.6 Å². The number of benzene rings is 1. The lowest BCUT2D eigenvalue weighted by Gasteiger charge is -2.32. The van der Waals surface area contributed by atoms with Crippen LogP contribution in [0, 0.1) is 0 Å². The second-order valence-corrected chi connectivity index (χ2v) is 6.81. The van der Waals surface area contributed by atoms with Gasteiger partial charge in [-0.2, -0.15) is 0 Å². The monoisotopic (exact) mass is 331 g/mol. The minimum absolute atomic E-state index is 0.569. The number of ether oxygens (including phenoxy) is 2. The van der Waals surface area contributed by atoms with E-state index in [0.717, 1.165) is 49.1 Å². The molecule has 1 fully saturated rings. The van der Waals surface area contributed by atoms with Crippen LogP contribution in [-0.2, 0) is 6.54 Å². The van der Waals surface area contributed by atoms with Gasteiger partial charge in [-0.25, -0.2) is 4.98 Å². The van der Waals surface area contributed by atoms with E-state index in [4.69, 9.17) is 9.47 Å². The molecule has 1 aromatic heterocycles. The van der Waals surface area contributed by atoms with E-state index in [0.29, 0.717) is 19.3 Å². The van der Waals surface area contributed by atoms with Crippen molar-refractivity contribution in [3.63, 3.8) is 0 Å². The van der Waals surface area contributed by atoms with Crippen LogP contribution in [0.1, 0.15) is 18.4 Å². The van der Waals surface area contributed by atoms with Gasteiger partial charge in [-0.3, -0.25) is 0 Å². The SMILES string of the molecule is c1csc(N2CCC(NCc3ccc4c(c3)OCCO4)CC2)n1. The van der Waals surface area contributed by atoms with Crippen molar-refractivity contribution in [2.24, 2.45) is 0 Å². The molecule has 1 N–H and O–H groups in total. The minimum Gasteiger partial charge on any atom is -0.486 e. The lowest BCUT2D eigenvalue weighted by molar-refractivity contribution is 0.171. The molecule has 2 aliphatic rings. The second-order valence-electron chi connectivity index (χ2n) is 5.93. The number of nitrogens with one attached hydrogen (secondary N) is 1. The maximum absolute atomic E-state index is 5.65. The van der Waals surface area contributed by atoms with E-state index in [-0.39, 0.29) is 0 Å². The molecule has 0 radical (unpaired) electrons. The Morgan fingerprint density at radius 1 is 1.17 bits per heavy atom. The number of fused-ring (bicyclic) bond motifs is 1. The third kappa shape index (κ3) is 3.43. The Balaban J connectivity index is 1.29. The lowest BCUT2D eigenvalue weighted by Crippen LogP contribution is -2.42. The van der Waals surface area contributed by atoms with E-state index in [2.05, 4.69) is 27.3 Å². The van der Waals surface area contributed by atoms with Crippen molar-refractivity contribution in [1.29, 1.82) is 0 Å². The first kappa shape index (κ1) is 14.8. The zero-order valence-electron chi connectivity index (χ0n) is 13.0. The van der Waals surface area contributed by atoms with Crippen LogP contribution in [0.5, 0.6) is 11.5 Å². The highest BCUT2D eigenvalue weighted by atomic mass is 32.1. The molecule has 23 heavy (non-hydrogen) atoms. The van der Waals surface area contributed by atoms with Gasteiger partial charge in [0.25, 0.3) is 0 Å². The summed E-state index contributed by atoms with van der Waals surface area (Å²) in [6.45, 7) is 4.30. The lowest BCUT2D eigenvalue weighted by atomic mass is 10.0. The maximum atomic E-state index is 5.65. The zero-order chi connectivity index (χ0) is 15.5. The molecule has 0 spiro atoms. The number of nitrogens with zero attached hydrogens (tertiary/aromatic N) is 2. The first-order valence-corrected chi connectivity index (χ1v) is 9.03.